The molecule has 0 N–H and O–H groups in total. The highest BCUT2D eigenvalue weighted by atomic mass is 32.1. The molecule has 0 bridgehead atoms. The molecule has 0 fully saturated rings. The van der Waals surface area contributed by atoms with Gasteiger partial charge in [0.1, 0.15) is 23.0 Å². The van der Waals surface area contributed by atoms with Crippen LogP contribution < -0.4 is 4.74 Å². The van der Waals surface area contributed by atoms with Crippen molar-refractivity contribution in [2.24, 2.45) is 5.10 Å². The van der Waals surface area contributed by atoms with Crippen LogP contribution >= 0.6 is 11.3 Å². The Balaban J connectivity index is 1.39. The van der Waals surface area contributed by atoms with Crippen LogP contribution in [-0.2, 0) is 4.79 Å². The number of hydrogen-bond acceptors (Lipinski definition) is 7. The molecule has 1 unspecified atom stereocenters. The maximum absolute atomic E-state index is 13.0. The van der Waals surface area contributed by atoms with Crippen LogP contribution in [0, 0.1) is 6.92 Å². The van der Waals surface area contributed by atoms with Crippen molar-refractivity contribution in [1.29, 1.82) is 0 Å². The van der Waals surface area contributed by atoms with Crippen molar-refractivity contribution in [2.45, 2.75) is 19.4 Å². The smallest absolute Gasteiger partial charge is 0.281 e. The molecule has 1 atom stereocenters. The first-order chi connectivity index (χ1) is 14.7. The Morgan fingerprint density at radius 2 is 2.10 bits per heavy atom. The highest BCUT2D eigenvalue weighted by Crippen LogP contribution is 2.33. The molecule has 1 aliphatic rings. The molecule has 150 valence electrons. The van der Waals surface area contributed by atoms with Crippen LogP contribution in [0.15, 0.2) is 70.0 Å². The molecule has 8 heteroatoms. The van der Waals surface area contributed by atoms with Gasteiger partial charge in [-0.25, -0.2) is 15.0 Å². The summed E-state index contributed by atoms with van der Waals surface area (Å²) in [7, 11) is 0. The van der Waals surface area contributed by atoms with Gasteiger partial charge in [0.15, 0.2) is 6.61 Å². The fourth-order valence-corrected chi connectivity index (χ4v) is 4.17. The zero-order chi connectivity index (χ0) is 20.5. The Kier molecular flexibility index (Phi) is 4.76. The predicted molar refractivity (Wildman–Crippen MR) is 114 cm³/mol. The van der Waals surface area contributed by atoms with Crippen molar-refractivity contribution >= 4 is 33.2 Å². The Morgan fingerprint density at radius 3 is 2.90 bits per heavy atom. The second kappa shape index (κ2) is 7.72. The maximum Gasteiger partial charge on any atom is 0.281 e. The quantitative estimate of drug-likeness (QED) is 0.481. The molecule has 0 aliphatic carbocycles. The zero-order valence-corrected chi connectivity index (χ0v) is 17.0. The summed E-state index contributed by atoms with van der Waals surface area (Å²) in [6, 6.07) is 13.4. The van der Waals surface area contributed by atoms with Gasteiger partial charge in [0.2, 0.25) is 5.88 Å². The number of fused-ring (bicyclic) bond motifs is 1. The lowest BCUT2D eigenvalue weighted by Gasteiger charge is -2.19. The molecule has 0 spiro atoms. The van der Waals surface area contributed by atoms with Crippen molar-refractivity contribution in [3.63, 3.8) is 0 Å². The molecular formula is C22H18N4O3S. The normalized spacial score (nSPS) is 16.1. The first kappa shape index (κ1) is 18.5. The van der Waals surface area contributed by atoms with E-state index in [4.69, 9.17) is 9.15 Å². The SMILES string of the molecule is Cc1ccc(C2=NN(C(=O)COc3ncnc4sccc34)C(c3ccco3)C2)cc1. The summed E-state index contributed by atoms with van der Waals surface area (Å²) in [5.74, 6) is 0.822. The minimum Gasteiger partial charge on any atom is -0.467 e. The molecule has 0 saturated heterocycles. The third kappa shape index (κ3) is 3.46. The number of hydrogen-bond donors (Lipinski definition) is 0. The summed E-state index contributed by atoms with van der Waals surface area (Å²) in [5, 5.41) is 8.79. The minimum absolute atomic E-state index is 0.177. The molecule has 4 heterocycles. The average Bonchev–Trinajstić information content (AvgIpc) is 3.52. The van der Waals surface area contributed by atoms with Gasteiger partial charge < -0.3 is 9.15 Å². The van der Waals surface area contributed by atoms with Gasteiger partial charge in [-0.3, -0.25) is 4.79 Å². The number of carbonyl (C=O) groups is 1. The highest BCUT2D eigenvalue weighted by Gasteiger charge is 2.35. The van der Waals surface area contributed by atoms with Crippen molar-refractivity contribution in [3.05, 3.63) is 77.3 Å². The topological polar surface area (TPSA) is 80.8 Å². The number of benzene rings is 1. The van der Waals surface area contributed by atoms with E-state index in [1.165, 1.54) is 28.2 Å². The first-order valence-corrected chi connectivity index (χ1v) is 10.4. The van der Waals surface area contributed by atoms with Crippen LogP contribution in [0.25, 0.3) is 10.2 Å². The van der Waals surface area contributed by atoms with Crippen LogP contribution in [0.1, 0.15) is 29.3 Å². The minimum atomic E-state index is -0.307. The summed E-state index contributed by atoms with van der Waals surface area (Å²) in [5.41, 5.74) is 3.00. The van der Waals surface area contributed by atoms with Gasteiger partial charge in [0, 0.05) is 6.42 Å². The monoisotopic (exact) mass is 418 g/mol. The van der Waals surface area contributed by atoms with E-state index in [0.29, 0.717) is 18.1 Å². The van der Waals surface area contributed by atoms with Crippen molar-refractivity contribution in [1.82, 2.24) is 15.0 Å². The largest absolute Gasteiger partial charge is 0.467 e. The molecule has 7 nitrogen and oxygen atoms in total. The predicted octanol–water partition coefficient (Wildman–Crippen LogP) is 4.35. The number of ether oxygens (including phenoxy) is 1. The Hall–Kier alpha value is -3.52. The molecule has 0 saturated carbocycles. The van der Waals surface area contributed by atoms with Gasteiger partial charge in [-0.1, -0.05) is 29.8 Å². The second-order valence-corrected chi connectivity index (χ2v) is 7.89. The van der Waals surface area contributed by atoms with E-state index in [1.807, 2.05) is 54.8 Å². The summed E-state index contributed by atoms with van der Waals surface area (Å²) in [6.45, 7) is 1.86. The Bertz CT molecular complexity index is 1210. The van der Waals surface area contributed by atoms with E-state index in [0.717, 1.165) is 21.5 Å². The lowest BCUT2D eigenvalue weighted by molar-refractivity contribution is -0.135. The number of nitrogens with zero attached hydrogens (tertiary/aromatic N) is 4. The number of amides is 1. The number of aryl methyl sites for hydroxylation is 1. The third-order valence-corrected chi connectivity index (χ3v) is 5.80. The second-order valence-electron chi connectivity index (χ2n) is 6.99. The summed E-state index contributed by atoms with van der Waals surface area (Å²) >= 11 is 1.50. The van der Waals surface area contributed by atoms with Crippen molar-refractivity contribution in [3.8, 4) is 5.88 Å². The number of carbonyl (C=O) groups excluding carboxylic acids is 1. The number of hydrazone groups is 1. The van der Waals surface area contributed by atoms with E-state index >= 15 is 0 Å². The molecule has 30 heavy (non-hydrogen) atoms. The summed E-state index contributed by atoms with van der Waals surface area (Å²) in [4.78, 5) is 22.2. The van der Waals surface area contributed by atoms with Crippen LogP contribution in [0.5, 0.6) is 5.88 Å². The van der Waals surface area contributed by atoms with E-state index in [9.17, 15) is 4.79 Å². The standard InChI is InChI=1S/C22H18N4O3S/c1-14-4-6-15(7-5-14)17-11-18(19-3-2-9-28-19)26(25-17)20(27)12-29-21-16-8-10-30-22(16)24-13-23-21/h2-10,13,18H,11-12H2,1H3. The van der Waals surface area contributed by atoms with Crippen LogP contribution in [-0.4, -0.2) is 33.2 Å². The molecule has 5 rings (SSSR count). The van der Waals surface area contributed by atoms with Crippen LogP contribution in [0.4, 0.5) is 0 Å². The van der Waals surface area contributed by atoms with Gasteiger partial charge in [0.05, 0.1) is 17.4 Å². The molecular weight excluding hydrogens is 400 g/mol. The van der Waals surface area contributed by atoms with Crippen LogP contribution in [0.3, 0.4) is 0 Å². The molecule has 1 aliphatic heterocycles. The van der Waals surface area contributed by atoms with E-state index in [-0.39, 0.29) is 18.6 Å². The summed E-state index contributed by atoms with van der Waals surface area (Å²) in [6.07, 6.45) is 3.62. The lowest BCUT2D eigenvalue weighted by atomic mass is 10.0. The molecule has 1 aromatic carbocycles. The lowest BCUT2D eigenvalue weighted by Crippen LogP contribution is -2.31. The van der Waals surface area contributed by atoms with E-state index in [2.05, 4.69) is 15.1 Å². The Morgan fingerprint density at radius 1 is 1.23 bits per heavy atom. The van der Waals surface area contributed by atoms with Gasteiger partial charge in [-0.15, -0.1) is 11.3 Å². The number of thiophene rings is 1. The molecule has 1 amide bonds. The van der Waals surface area contributed by atoms with E-state index < -0.39 is 0 Å². The van der Waals surface area contributed by atoms with Gasteiger partial charge in [-0.2, -0.15) is 5.10 Å². The third-order valence-electron chi connectivity index (χ3n) is 4.98. The number of furan rings is 1. The van der Waals surface area contributed by atoms with Gasteiger partial charge in [0.25, 0.3) is 5.91 Å². The zero-order valence-electron chi connectivity index (χ0n) is 16.2. The number of aromatic nitrogens is 2. The highest BCUT2D eigenvalue weighted by molar-refractivity contribution is 7.16. The van der Waals surface area contributed by atoms with Gasteiger partial charge in [-0.05, 0) is 36.1 Å². The summed E-state index contributed by atoms with van der Waals surface area (Å²) < 4.78 is 11.3. The Labute approximate surface area is 176 Å². The fourth-order valence-electron chi connectivity index (χ4n) is 3.44. The van der Waals surface area contributed by atoms with Gasteiger partial charge >= 0.3 is 0 Å². The maximum atomic E-state index is 13.0. The van der Waals surface area contributed by atoms with E-state index in [1.54, 1.807) is 6.26 Å². The molecule has 4 aromatic rings. The number of rotatable bonds is 5. The first-order valence-electron chi connectivity index (χ1n) is 9.50. The molecule has 0 radical (unpaired) electrons. The fraction of sp³-hybridized carbons (Fsp3) is 0.182. The van der Waals surface area contributed by atoms with Crippen molar-refractivity contribution in [2.75, 3.05) is 6.61 Å². The average molecular weight is 418 g/mol. The molecule has 3 aromatic heterocycles. The van der Waals surface area contributed by atoms with Crippen molar-refractivity contribution < 1.29 is 13.9 Å². The van der Waals surface area contributed by atoms with Crippen LogP contribution in [0.2, 0.25) is 0 Å².